The molecule has 2 aromatic carbocycles. The number of fused-ring (bicyclic) bond motifs is 4. The van der Waals surface area contributed by atoms with E-state index >= 15 is 0 Å². The van der Waals surface area contributed by atoms with Crippen molar-refractivity contribution in [2.75, 3.05) is 13.7 Å². The van der Waals surface area contributed by atoms with Crippen molar-refractivity contribution < 1.29 is 14.3 Å². The van der Waals surface area contributed by atoms with Crippen molar-refractivity contribution in [1.29, 1.82) is 0 Å². The molecule has 2 amide bonds. The number of rotatable bonds is 7. The first-order valence-electron chi connectivity index (χ1n) is 15.4. The van der Waals surface area contributed by atoms with Crippen LogP contribution in [0.3, 0.4) is 0 Å². The average molecular weight is 624 g/mol. The van der Waals surface area contributed by atoms with Gasteiger partial charge >= 0.3 is 0 Å². The molecule has 3 aliphatic rings. The van der Waals surface area contributed by atoms with Gasteiger partial charge in [-0.05, 0) is 80.0 Å². The summed E-state index contributed by atoms with van der Waals surface area (Å²) in [7, 11) is 3.60. The smallest absolute Gasteiger partial charge is 0.254 e. The second-order valence-electron chi connectivity index (χ2n) is 12.7. The van der Waals surface area contributed by atoms with E-state index < -0.39 is 5.91 Å². The summed E-state index contributed by atoms with van der Waals surface area (Å²) in [5, 5.41) is 1.29. The first kappa shape index (κ1) is 28.1. The van der Waals surface area contributed by atoms with Crippen molar-refractivity contribution >= 4 is 45.5 Å². The quantitative estimate of drug-likeness (QED) is 0.262. The molecule has 10 nitrogen and oxygen atoms in total. The van der Waals surface area contributed by atoms with E-state index in [1.807, 2.05) is 46.8 Å². The van der Waals surface area contributed by atoms with E-state index in [1.165, 1.54) is 12.8 Å². The molecule has 2 bridgehead atoms. The number of nitrogens with two attached hydrogens (primary N) is 2. The largest absolute Gasteiger partial charge is 0.494 e. The summed E-state index contributed by atoms with van der Waals surface area (Å²) < 4.78 is 10.1. The number of aromatic nitrogens is 4. The van der Waals surface area contributed by atoms with Crippen molar-refractivity contribution in [3.63, 3.8) is 0 Å². The standard InChI is InChI=1S/C34H34ClN7O3/c1-40-30-25(12-21(14-28(30)45-2)34(44)42-16-20-7-10-26(42)29(20)36)39-33(40)27-13-19-6-9-24(38-32(19)41(27)15-17-3-4-17)18-5-8-23(35)22(11-18)31(37)43/h5-6,8-9,11-14,17,20,26,29H,3-4,7,10,15-16,36H2,1-2H3,(H2,37,43)/t20?,26?,29-/m1/s1. The Bertz CT molecular complexity index is 2040. The number of piperidine rings is 1. The van der Waals surface area contributed by atoms with E-state index in [0.29, 0.717) is 45.9 Å². The number of hydrogen-bond acceptors (Lipinski definition) is 6. The first-order valence-corrected chi connectivity index (χ1v) is 15.8. The lowest BCUT2D eigenvalue weighted by Crippen LogP contribution is -2.41. The highest BCUT2D eigenvalue weighted by atomic mass is 35.5. The Kier molecular flexibility index (Phi) is 6.44. The topological polar surface area (TPSA) is 134 Å². The Morgan fingerprint density at radius 1 is 1.04 bits per heavy atom. The molecule has 3 aromatic heterocycles. The molecule has 45 heavy (non-hydrogen) atoms. The molecule has 0 radical (unpaired) electrons. The van der Waals surface area contributed by atoms with Crippen LogP contribution in [0.2, 0.25) is 5.02 Å². The maximum atomic E-state index is 13.7. The highest BCUT2D eigenvalue weighted by molar-refractivity contribution is 6.33. The number of methoxy groups -OCH3 is 1. The van der Waals surface area contributed by atoms with Crippen LogP contribution in [0.25, 0.3) is 44.8 Å². The van der Waals surface area contributed by atoms with E-state index in [2.05, 4.69) is 10.6 Å². The lowest BCUT2D eigenvalue weighted by atomic mass is 10.1. The van der Waals surface area contributed by atoms with Crippen LogP contribution in [-0.4, -0.2) is 61.6 Å². The number of carbonyl (C=O) groups excluding carboxylic acids is 2. The minimum Gasteiger partial charge on any atom is -0.494 e. The third-order valence-corrected chi connectivity index (χ3v) is 10.3. The highest BCUT2D eigenvalue weighted by Gasteiger charge is 2.47. The van der Waals surface area contributed by atoms with E-state index in [-0.39, 0.29) is 23.6 Å². The summed E-state index contributed by atoms with van der Waals surface area (Å²) in [5.74, 6) is 1.70. The van der Waals surface area contributed by atoms with Crippen LogP contribution in [-0.2, 0) is 13.6 Å². The summed E-state index contributed by atoms with van der Waals surface area (Å²) in [4.78, 5) is 37.8. The second kappa shape index (κ2) is 10.3. The number of halogens is 1. The molecule has 0 spiro atoms. The fraction of sp³-hybridized carbons (Fsp3) is 0.353. The zero-order valence-corrected chi connectivity index (χ0v) is 25.9. The molecule has 4 heterocycles. The molecule has 2 unspecified atom stereocenters. The normalized spacial score (nSPS) is 20.9. The molecular formula is C34H34ClN7O3. The van der Waals surface area contributed by atoms with Gasteiger partial charge in [-0.1, -0.05) is 17.7 Å². The number of hydrogen-bond donors (Lipinski definition) is 2. The molecule has 4 N–H and O–H groups in total. The first-order chi connectivity index (χ1) is 21.7. The average Bonchev–Trinajstić information content (AvgIpc) is 3.44. The predicted molar refractivity (Wildman–Crippen MR) is 173 cm³/mol. The zero-order valence-electron chi connectivity index (χ0n) is 25.2. The number of aryl methyl sites for hydroxylation is 1. The number of imidazole rings is 1. The summed E-state index contributed by atoms with van der Waals surface area (Å²) in [5.41, 5.74) is 17.6. The summed E-state index contributed by atoms with van der Waals surface area (Å²) in [6, 6.07) is 15.1. The lowest BCUT2D eigenvalue weighted by Gasteiger charge is -2.27. The second-order valence-corrected chi connectivity index (χ2v) is 13.1. The number of benzene rings is 2. The number of nitrogens with zero attached hydrogens (tertiary/aromatic N) is 5. The molecule has 2 saturated carbocycles. The van der Waals surface area contributed by atoms with Gasteiger partial charge in [0.15, 0.2) is 5.82 Å². The van der Waals surface area contributed by atoms with Gasteiger partial charge in [-0.15, -0.1) is 0 Å². The molecule has 1 aliphatic heterocycles. The van der Waals surface area contributed by atoms with Crippen molar-refractivity contribution in [3.05, 3.63) is 64.7 Å². The molecule has 230 valence electrons. The Hall–Kier alpha value is -4.41. The van der Waals surface area contributed by atoms with Crippen LogP contribution in [0.5, 0.6) is 5.75 Å². The number of pyridine rings is 1. The molecule has 5 aromatic rings. The van der Waals surface area contributed by atoms with Gasteiger partial charge in [0, 0.05) is 48.7 Å². The number of amides is 2. The van der Waals surface area contributed by atoms with Crippen LogP contribution in [0, 0.1) is 11.8 Å². The zero-order chi connectivity index (χ0) is 31.1. The Morgan fingerprint density at radius 2 is 1.87 bits per heavy atom. The fourth-order valence-corrected chi connectivity index (χ4v) is 7.57. The molecule has 3 atom stereocenters. The summed E-state index contributed by atoms with van der Waals surface area (Å²) in [6.45, 7) is 1.51. The van der Waals surface area contributed by atoms with Gasteiger partial charge in [-0.3, -0.25) is 9.59 Å². The SMILES string of the molecule is COc1cc(C(=O)N2CC3CCC2[C@@H]3N)cc2nc(-c3cc4ccc(-c5ccc(Cl)c(C(N)=O)c5)nc4n3CC3CC3)n(C)c12. The third-order valence-electron chi connectivity index (χ3n) is 9.95. The van der Waals surface area contributed by atoms with Gasteiger partial charge in [0.05, 0.1) is 34.6 Å². The van der Waals surface area contributed by atoms with Gasteiger partial charge in [-0.25, -0.2) is 9.97 Å². The predicted octanol–water partition coefficient (Wildman–Crippen LogP) is 4.99. The number of likely N-dealkylation sites (tertiary alicyclic amines) is 1. The van der Waals surface area contributed by atoms with Crippen molar-refractivity contribution in [2.24, 2.45) is 30.4 Å². The van der Waals surface area contributed by atoms with Gasteiger partial charge < -0.3 is 30.2 Å². The minimum atomic E-state index is -0.583. The van der Waals surface area contributed by atoms with Crippen LogP contribution >= 0.6 is 11.6 Å². The van der Waals surface area contributed by atoms with Gasteiger partial charge in [-0.2, -0.15) is 0 Å². The van der Waals surface area contributed by atoms with E-state index in [4.69, 9.17) is 37.8 Å². The Labute approximate surface area is 264 Å². The van der Waals surface area contributed by atoms with Crippen LogP contribution in [0.4, 0.5) is 0 Å². The molecule has 2 aliphatic carbocycles. The Balaban J connectivity index is 1.24. The van der Waals surface area contributed by atoms with Crippen LogP contribution < -0.4 is 16.2 Å². The maximum Gasteiger partial charge on any atom is 0.254 e. The molecular weight excluding hydrogens is 590 g/mol. The molecule has 3 fully saturated rings. The van der Waals surface area contributed by atoms with Gasteiger partial charge in [0.1, 0.15) is 16.9 Å². The Morgan fingerprint density at radius 3 is 2.56 bits per heavy atom. The summed E-state index contributed by atoms with van der Waals surface area (Å²) >= 11 is 6.22. The monoisotopic (exact) mass is 623 g/mol. The fourth-order valence-electron chi connectivity index (χ4n) is 7.36. The molecule has 11 heteroatoms. The van der Waals surface area contributed by atoms with E-state index in [1.54, 1.807) is 19.2 Å². The van der Waals surface area contributed by atoms with Crippen molar-refractivity contribution in [1.82, 2.24) is 24.0 Å². The van der Waals surface area contributed by atoms with Crippen LogP contribution in [0.15, 0.2) is 48.5 Å². The highest BCUT2D eigenvalue weighted by Crippen LogP contribution is 2.40. The third kappa shape index (κ3) is 4.49. The van der Waals surface area contributed by atoms with E-state index in [0.717, 1.165) is 53.0 Å². The number of ether oxygens (including phenoxy) is 1. The molecule has 8 rings (SSSR count). The van der Waals surface area contributed by atoms with Crippen molar-refractivity contribution in [3.8, 4) is 28.5 Å². The van der Waals surface area contributed by atoms with Crippen LogP contribution in [0.1, 0.15) is 46.4 Å². The summed E-state index contributed by atoms with van der Waals surface area (Å²) in [6.07, 6.45) is 4.38. The van der Waals surface area contributed by atoms with E-state index in [9.17, 15) is 9.59 Å². The minimum absolute atomic E-state index is 0.0219. The van der Waals surface area contributed by atoms with Crippen molar-refractivity contribution in [2.45, 2.75) is 44.3 Å². The van der Waals surface area contributed by atoms with Gasteiger partial charge in [0.25, 0.3) is 5.91 Å². The number of primary amides is 1. The molecule has 1 saturated heterocycles. The lowest BCUT2D eigenvalue weighted by molar-refractivity contribution is 0.0700. The van der Waals surface area contributed by atoms with Gasteiger partial charge in [0.2, 0.25) is 5.91 Å². The number of carbonyl (C=O) groups is 2. The maximum absolute atomic E-state index is 13.7.